The third-order valence-electron chi connectivity index (χ3n) is 3.61. The highest BCUT2D eigenvalue weighted by atomic mass is 35.5. The van der Waals surface area contributed by atoms with Crippen LogP contribution in [0.3, 0.4) is 0 Å². The zero-order valence-electron chi connectivity index (χ0n) is 10.8. The first-order valence-corrected chi connectivity index (χ1v) is 7.24. The summed E-state index contributed by atoms with van der Waals surface area (Å²) < 4.78 is 5.35. The Hall–Kier alpha value is -0.960. The van der Waals surface area contributed by atoms with Crippen LogP contribution in [0.25, 0.3) is 0 Å². The summed E-state index contributed by atoms with van der Waals surface area (Å²) in [5.74, 6) is 1.37. The van der Waals surface area contributed by atoms with E-state index in [1.54, 1.807) is 12.3 Å². The fourth-order valence-electron chi connectivity index (χ4n) is 2.56. The number of rotatable bonds is 3. The number of nitrogens with zero attached hydrogens (tertiary/aromatic N) is 1. The van der Waals surface area contributed by atoms with Gasteiger partial charge in [-0.3, -0.25) is 4.79 Å². The van der Waals surface area contributed by atoms with Crippen LogP contribution in [-0.4, -0.2) is 29.3 Å². The maximum Gasteiger partial charge on any atom is 0.257 e. The van der Waals surface area contributed by atoms with Crippen LogP contribution in [0.2, 0.25) is 0 Å². The fraction of sp³-hybridized carbons (Fsp3) is 0.643. The van der Waals surface area contributed by atoms with Crippen molar-refractivity contribution in [2.24, 2.45) is 0 Å². The standard InChI is InChI=1S/C14H20ClNO2/c1-2-13-12(7-9-18-13)14(17)16-8-5-3-4-6-11(16)10-15/h7,9,11H,2-6,8,10H2,1H3. The largest absolute Gasteiger partial charge is 0.469 e. The molecule has 3 nitrogen and oxygen atoms in total. The molecule has 1 aliphatic rings. The second-order valence-electron chi connectivity index (χ2n) is 4.77. The Labute approximate surface area is 113 Å². The van der Waals surface area contributed by atoms with Gasteiger partial charge < -0.3 is 9.32 Å². The van der Waals surface area contributed by atoms with Crippen LogP contribution in [0.5, 0.6) is 0 Å². The van der Waals surface area contributed by atoms with Crippen molar-refractivity contribution in [3.8, 4) is 0 Å². The molecule has 0 N–H and O–H groups in total. The van der Waals surface area contributed by atoms with Gasteiger partial charge in [0.05, 0.1) is 11.8 Å². The molecule has 1 amide bonds. The first-order chi connectivity index (χ1) is 8.77. The molecule has 0 aliphatic carbocycles. The van der Waals surface area contributed by atoms with Gasteiger partial charge in [0.1, 0.15) is 5.76 Å². The summed E-state index contributed by atoms with van der Waals surface area (Å²) in [5.41, 5.74) is 0.703. The molecule has 100 valence electrons. The highest BCUT2D eigenvalue weighted by molar-refractivity contribution is 6.18. The molecule has 0 spiro atoms. The van der Waals surface area contributed by atoms with Crippen molar-refractivity contribution in [1.29, 1.82) is 0 Å². The number of likely N-dealkylation sites (tertiary alicyclic amines) is 1. The molecule has 0 bridgehead atoms. The Kier molecular flexibility index (Phi) is 4.70. The lowest BCUT2D eigenvalue weighted by Crippen LogP contribution is -2.41. The van der Waals surface area contributed by atoms with Crippen LogP contribution in [0, 0.1) is 0 Å². The van der Waals surface area contributed by atoms with E-state index in [0.29, 0.717) is 11.4 Å². The molecule has 0 aromatic carbocycles. The minimum Gasteiger partial charge on any atom is -0.469 e. The topological polar surface area (TPSA) is 33.5 Å². The highest BCUT2D eigenvalue weighted by Gasteiger charge is 2.27. The second-order valence-corrected chi connectivity index (χ2v) is 5.08. The molecule has 1 unspecified atom stereocenters. The minimum atomic E-state index is 0.0770. The van der Waals surface area contributed by atoms with E-state index >= 15 is 0 Å². The van der Waals surface area contributed by atoms with E-state index in [1.807, 2.05) is 11.8 Å². The predicted molar refractivity (Wildman–Crippen MR) is 72.1 cm³/mol. The fourth-order valence-corrected chi connectivity index (χ4v) is 2.89. The zero-order valence-corrected chi connectivity index (χ0v) is 11.6. The lowest BCUT2D eigenvalue weighted by molar-refractivity contribution is 0.0698. The maximum atomic E-state index is 12.6. The first-order valence-electron chi connectivity index (χ1n) is 6.71. The van der Waals surface area contributed by atoms with Gasteiger partial charge in [0.15, 0.2) is 0 Å². The van der Waals surface area contributed by atoms with E-state index in [1.165, 1.54) is 6.42 Å². The molecular formula is C14H20ClNO2. The second kappa shape index (κ2) is 6.28. The Morgan fingerprint density at radius 3 is 3.06 bits per heavy atom. The number of halogens is 1. The minimum absolute atomic E-state index is 0.0770. The number of furan rings is 1. The maximum absolute atomic E-state index is 12.6. The summed E-state index contributed by atoms with van der Waals surface area (Å²) in [4.78, 5) is 14.5. The highest BCUT2D eigenvalue weighted by Crippen LogP contribution is 2.22. The van der Waals surface area contributed by atoms with Crippen LogP contribution in [0.15, 0.2) is 16.7 Å². The summed E-state index contributed by atoms with van der Waals surface area (Å²) in [7, 11) is 0. The molecule has 1 atom stereocenters. The summed E-state index contributed by atoms with van der Waals surface area (Å²) in [6, 6.07) is 1.94. The van der Waals surface area contributed by atoms with Gasteiger partial charge in [0.2, 0.25) is 0 Å². The molecule has 1 aromatic heterocycles. The number of amides is 1. The molecule has 1 aliphatic heterocycles. The van der Waals surface area contributed by atoms with Crippen LogP contribution in [-0.2, 0) is 6.42 Å². The van der Waals surface area contributed by atoms with Gasteiger partial charge in [-0.2, -0.15) is 0 Å². The third kappa shape index (κ3) is 2.72. The summed E-state index contributed by atoms with van der Waals surface area (Å²) >= 11 is 6.01. The number of hydrogen-bond acceptors (Lipinski definition) is 2. The average Bonchev–Trinajstić information content (AvgIpc) is 2.74. The van der Waals surface area contributed by atoms with Gasteiger partial charge in [0, 0.05) is 24.9 Å². The van der Waals surface area contributed by atoms with E-state index in [-0.39, 0.29) is 11.9 Å². The van der Waals surface area contributed by atoms with Gasteiger partial charge in [-0.05, 0) is 18.9 Å². The van der Waals surface area contributed by atoms with E-state index in [0.717, 1.165) is 38.0 Å². The van der Waals surface area contributed by atoms with Gasteiger partial charge in [-0.1, -0.05) is 19.8 Å². The quantitative estimate of drug-likeness (QED) is 0.788. The van der Waals surface area contributed by atoms with Gasteiger partial charge in [0.25, 0.3) is 5.91 Å². The first kappa shape index (κ1) is 13.5. The average molecular weight is 270 g/mol. The number of carbonyl (C=O) groups excluding carboxylic acids is 1. The number of aryl methyl sites for hydroxylation is 1. The molecule has 4 heteroatoms. The molecule has 1 fully saturated rings. The Morgan fingerprint density at radius 1 is 1.50 bits per heavy atom. The van der Waals surface area contributed by atoms with Crippen molar-refractivity contribution < 1.29 is 9.21 Å². The van der Waals surface area contributed by atoms with Gasteiger partial charge in [-0.25, -0.2) is 0 Å². The number of hydrogen-bond donors (Lipinski definition) is 0. The Balaban J connectivity index is 2.20. The van der Waals surface area contributed by atoms with Crippen LogP contribution < -0.4 is 0 Å². The molecule has 0 saturated carbocycles. The summed E-state index contributed by atoms with van der Waals surface area (Å²) in [5, 5.41) is 0. The normalized spacial score (nSPS) is 20.8. The van der Waals surface area contributed by atoms with E-state index < -0.39 is 0 Å². The molecule has 2 rings (SSSR count). The van der Waals surface area contributed by atoms with E-state index in [4.69, 9.17) is 16.0 Å². The number of alkyl halides is 1. The van der Waals surface area contributed by atoms with Crippen molar-refractivity contribution >= 4 is 17.5 Å². The molecule has 1 saturated heterocycles. The zero-order chi connectivity index (χ0) is 13.0. The van der Waals surface area contributed by atoms with Gasteiger partial charge in [-0.15, -0.1) is 11.6 Å². The molecule has 0 radical (unpaired) electrons. The SMILES string of the molecule is CCc1occc1C(=O)N1CCCCCC1CCl. The monoisotopic (exact) mass is 269 g/mol. The Bertz CT molecular complexity index is 402. The predicted octanol–water partition coefficient (Wildman–Crippen LogP) is 3.47. The van der Waals surface area contributed by atoms with E-state index in [2.05, 4.69) is 0 Å². The van der Waals surface area contributed by atoms with Crippen molar-refractivity contribution in [2.45, 2.75) is 45.1 Å². The van der Waals surface area contributed by atoms with Crippen molar-refractivity contribution in [2.75, 3.05) is 12.4 Å². The molecular weight excluding hydrogens is 250 g/mol. The number of carbonyl (C=O) groups is 1. The summed E-state index contributed by atoms with van der Waals surface area (Å²) in [6.07, 6.45) is 6.76. The van der Waals surface area contributed by atoms with Crippen molar-refractivity contribution in [1.82, 2.24) is 4.90 Å². The molecule has 2 heterocycles. The third-order valence-corrected chi connectivity index (χ3v) is 3.97. The van der Waals surface area contributed by atoms with Crippen LogP contribution in [0.4, 0.5) is 0 Å². The summed E-state index contributed by atoms with van der Waals surface area (Å²) in [6.45, 7) is 2.81. The van der Waals surface area contributed by atoms with Crippen molar-refractivity contribution in [3.05, 3.63) is 23.7 Å². The van der Waals surface area contributed by atoms with E-state index in [9.17, 15) is 4.79 Å². The van der Waals surface area contributed by atoms with Gasteiger partial charge >= 0.3 is 0 Å². The van der Waals surface area contributed by atoms with Crippen LogP contribution in [0.1, 0.15) is 48.7 Å². The van der Waals surface area contributed by atoms with Crippen molar-refractivity contribution in [3.63, 3.8) is 0 Å². The molecule has 1 aromatic rings. The Morgan fingerprint density at radius 2 is 2.33 bits per heavy atom. The lowest BCUT2D eigenvalue weighted by Gasteiger charge is -2.28. The van der Waals surface area contributed by atoms with Crippen LogP contribution >= 0.6 is 11.6 Å². The lowest BCUT2D eigenvalue weighted by atomic mass is 10.1. The molecule has 18 heavy (non-hydrogen) atoms. The smallest absolute Gasteiger partial charge is 0.257 e.